The van der Waals surface area contributed by atoms with E-state index in [-0.39, 0.29) is 23.0 Å². The molecule has 0 bridgehead atoms. The molecule has 0 saturated carbocycles. The molecule has 1 aromatic heterocycles. The normalized spacial score (nSPS) is 10.5. The second kappa shape index (κ2) is 8.05. The van der Waals surface area contributed by atoms with Crippen molar-refractivity contribution < 1.29 is 23.1 Å². The predicted molar refractivity (Wildman–Crippen MR) is 96.9 cm³/mol. The maximum absolute atomic E-state index is 14.0. The molecule has 0 aliphatic heterocycles. The van der Waals surface area contributed by atoms with Gasteiger partial charge < -0.3 is 4.74 Å². The number of carbonyl (C=O) groups excluding carboxylic acids is 2. The fraction of sp³-hybridized carbons (Fsp3) is 0.105. The third-order valence-electron chi connectivity index (χ3n) is 3.57. The number of esters is 1. The maximum Gasteiger partial charge on any atom is 0.338 e. The Morgan fingerprint density at radius 1 is 1.11 bits per heavy atom. The number of benzene rings is 2. The van der Waals surface area contributed by atoms with Crippen LogP contribution in [0.5, 0.6) is 0 Å². The molecule has 2 aromatic carbocycles. The van der Waals surface area contributed by atoms with Crippen LogP contribution in [-0.4, -0.2) is 16.9 Å². The van der Waals surface area contributed by atoms with Gasteiger partial charge in [0.05, 0.1) is 16.9 Å². The third kappa shape index (κ3) is 4.35. The lowest BCUT2D eigenvalue weighted by Crippen LogP contribution is -2.23. The minimum absolute atomic E-state index is 0.0919. The Hall–Kier alpha value is -3.13. The second-order valence-electron chi connectivity index (χ2n) is 5.51. The first-order valence-electron chi connectivity index (χ1n) is 7.88. The highest BCUT2D eigenvalue weighted by Gasteiger charge is 2.21. The van der Waals surface area contributed by atoms with Gasteiger partial charge in [-0.15, -0.1) is 11.3 Å². The number of nitrogens with zero attached hydrogens (tertiary/aromatic N) is 2. The van der Waals surface area contributed by atoms with Gasteiger partial charge in [-0.1, -0.05) is 12.1 Å². The molecule has 0 aliphatic carbocycles. The van der Waals surface area contributed by atoms with E-state index in [1.165, 1.54) is 37.3 Å². The summed E-state index contributed by atoms with van der Waals surface area (Å²) in [5.41, 5.74) is 0.714. The number of hydrogen-bond acceptors (Lipinski definition) is 5. The van der Waals surface area contributed by atoms with Gasteiger partial charge in [0, 0.05) is 12.3 Å². The van der Waals surface area contributed by atoms with Gasteiger partial charge in [0.25, 0.3) is 0 Å². The molecule has 0 atom stereocenters. The van der Waals surface area contributed by atoms with Crippen LogP contribution < -0.4 is 4.90 Å². The van der Waals surface area contributed by atoms with Crippen LogP contribution >= 0.6 is 11.3 Å². The van der Waals surface area contributed by atoms with Crippen LogP contribution in [-0.2, 0) is 16.1 Å². The maximum atomic E-state index is 14.0. The number of ether oxygens (including phenoxy) is 1. The first-order chi connectivity index (χ1) is 13.0. The van der Waals surface area contributed by atoms with E-state index < -0.39 is 23.5 Å². The highest BCUT2D eigenvalue weighted by Crippen LogP contribution is 2.30. The Bertz CT molecular complexity index is 973. The monoisotopic (exact) mass is 388 g/mol. The Morgan fingerprint density at radius 2 is 1.81 bits per heavy atom. The summed E-state index contributed by atoms with van der Waals surface area (Å²) in [6, 6.07) is 10.8. The van der Waals surface area contributed by atoms with Crippen molar-refractivity contribution in [1.82, 2.24) is 4.98 Å². The zero-order valence-corrected chi connectivity index (χ0v) is 15.0. The van der Waals surface area contributed by atoms with E-state index in [4.69, 9.17) is 4.74 Å². The molecule has 0 radical (unpaired) electrons. The van der Waals surface area contributed by atoms with Gasteiger partial charge in [-0.25, -0.2) is 18.6 Å². The molecule has 1 amide bonds. The van der Waals surface area contributed by atoms with E-state index in [2.05, 4.69) is 4.98 Å². The molecule has 3 aromatic rings. The van der Waals surface area contributed by atoms with Crippen LogP contribution in [0.25, 0.3) is 0 Å². The van der Waals surface area contributed by atoms with Gasteiger partial charge in [-0.2, -0.15) is 0 Å². The zero-order valence-electron chi connectivity index (χ0n) is 14.2. The van der Waals surface area contributed by atoms with Gasteiger partial charge in [-0.05, 0) is 36.4 Å². The van der Waals surface area contributed by atoms with E-state index in [9.17, 15) is 18.4 Å². The highest BCUT2D eigenvalue weighted by molar-refractivity contribution is 7.14. The van der Waals surface area contributed by atoms with Gasteiger partial charge in [0.1, 0.15) is 18.2 Å². The first-order valence-corrected chi connectivity index (χ1v) is 8.76. The highest BCUT2D eigenvalue weighted by atomic mass is 32.1. The van der Waals surface area contributed by atoms with Gasteiger partial charge >= 0.3 is 5.97 Å². The fourth-order valence-corrected chi connectivity index (χ4v) is 3.18. The average molecular weight is 388 g/mol. The molecular formula is C19H14F2N2O3S. The number of para-hydroxylation sites is 1. The average Bonchev–Trinajstić information content (AvgIpc) is 3.10. The van der Waals surface area contributed by atoms with E-state index in [1.54, 1.807) is 11.4 Å². The minimum atomic E-state index is -0.623. The summed E-state index contributed by atoms with van der Waals surface area (Å²) in [5, 5.41) is 1.88. The van der Waals surface area contributed by atoms with E-state index >= 15 is 0 Å². The topological polar surface area (TPSA) is 59.5 Å². The summed E-state index contributed by atoms with van der Waals surface area (Å²) in [5.74, 6) is -2.02. The molecule has 27 heavy (non-hydrogen) atoms. The second-order valence-corrected chi connectivity index (χ2v) is 6.35. The molecule has 0 aliphatic rings. The van der Waals surface area contributed by atoms with E-state index in [1.807, 2.05) is 0 Å². The summed E-state index contributed by atoms with van der Waals surface area (Å²) in [6.45, 7) is 1.18. The van der Waals surface area contributed by atoms with Crippen LogP contribution in [0, 0.1) is 11.6 Å². The van der Waals surface area contributed by atoms with Crippen molar-refractivity contribution >= 4 is 34.0 Å². The Labute approximate surface area is 157 Å². The van der Waals surface area contributed by atoms with Crippen molar-refractivity contribution in [2.24, 2.45) is 0 Å². The first kappa shape index (κ1) is 18.7. The van der Waals surface area contributed by atoms with Crippen LogP contribution in [0.15, 0.2) is 53.9 Å². The molecular weight excluding hydrogens is 374 g/mol. The smallest absolute Gasteiger partial charge is 0.338 e. The van der Waals surface area contributed by atoms with Gasteiger partial charge in [0.2, 0.25) is 5.91 Å². The Kier molecular flexibility index (Phi) is 5.56. The van der Waals surface area contributed by atoms with Crippen LogP contribution in [0.2, 0.25) is 0 Å². The summed E-state index contributed by atoms with van der Waals surface area (Å²) >= 11 is 1.13. The summed E-state index contributed by atoms with van der Waals surface area (Å²) in [4.78, 5) is 29.4. The standard InChI is InChI=1S/C19H14F2N2O3S/c1-12(24)23(17-5-3-2-4-16(17)21)19-22-15(11-27-19)10-26-18(25)13-6-8-14(20)9-7-13/h2-9,11H,10H2,1H3. The predicted octanol–water partition coefficient (Wildman–Crippen LogP) is 4.46. The molecule has 0 fully saturated rings. The quantitative estimate of drug-likeness (QED) is 0.606. The lowest BCUT2D eigenvalue weighted by molar-refractivity contribution is -0.115. The van der Waals surface area contributed by atoms with Crippen molar-refractivity contribution in [2.75, 3.05) is 4.90 Å². The molecule has 138 valence electrons. The lowest BCUT2D eigenvalue weighted by Gasteiger charge is -2.18. The lowest BCUT2D eigenvalue weighted by atomic mass is 10.2. The number of thiazole rings is 1. The van der Waals surface area contributed by atoms with Crippen molar-refractivity contribution in [2.45, 2.75) is 13.5 Å². The Morgan fingerprint density at radius 3 is 2.48 bits per heavy atom. The van der Waals surface area contributed by atoms with Crippen LogP contribution in [0.3, 0.4) is 0 Å². The molecule has 3 rings (SSSR count). The molecule has 8 heteroatoms. The van der Waals surface area contributed by atoms with E-state index in [0.29, 0.717) is 5.69 Å². The largest absolute Gasteiger partial charge is 0.456 e. The SMILES string of the molecule is CC(=O)N(c1nc(COC(=O)c2ccc(F)cc2)cs1)c1ccccc1F. The number of amides is 1. The summed E-state index contributed by atoms with van der Waals surface area (Å²) < 4.78 is 32.1. The number of anilines is 2. The molecule has 0 saturated heterocycles. The number of carbonyl (C=O) groups is 2. The molecule has 0 N–H and O–H groups in total. The summed E-state index contributed by atoms with van der Waals surface area (Å²) in [7, 11) is 0. The van der Waals surface area contributed by atoms with Crippen molar-refractivity contribution in [3.8, 4) is 0 Å². The molecule has 0 unspecified atom stereocenters. The van der Waals surface area contributed by atoms with Gasteiger partial charge in [0.15, 0.2) is 5.13 Å². The molecule has 0 spiro atoms. The van der Waals surface area contributed by atoms with Crippen LogP contribution in [0.1, 0.15) is 23.0 Å². The van der Waals surface area contributed by atoms with Gasteiger partial charge in [-0.3, -0.25) is 9.69 Å². The number of hydrogen-bond donors (Lipinski definition) is 0. The van der Waals surface area contributed by atoms with Crippen molar-refractivity contribution in [3.63, 3.8) is 0 Å². The third-order valence-corrected chi connectivity index (χ3v) is 4.44. The Balaban J connectivity index is 1.73. The number of rotatable bonds is 5. The van der Waals surface area contributed by atoms with E-state index in [0.717, 1.165) is 28.4 Å². The van der Waals surface area contributed by atoms with Crippen molar-refractivity contribution in [3.05, 3.63) is 76.8 Å². The van der Waals surface area contributed by atoms with Crippen molar-refractivity contribution in [1.29, 1.82) is 0 Å². The number of aromatic nitrogens is 1. The van der Waals surface area contributed by atoms with Crippen LogP contribution in [0.4, 0.5) is 19.6 Å². The zero-order chi connectivity index (χ0) is 19.4. The number of halogens is 2. The minimum Gasteiger partial charge on any atom is -0.456 e. The summed E-state index contributed by atoms with van der Waals surface area (Å²) in [6.07, 6.45) is 0. The molecule has 1 heterocycles. The molecule has 5 nitrogen and oxygen atoms in total. The fourth-order valence-electron chi connectivity index (χ4n) is 2.31.